The van der Waals surface area contributed by atoms with Gasteiger partial charge in [0.2, 0.25) is 0 Å². The lowest BCUT2D eigenvalue weighted by atomic mass is 9.61. The molecule has 3 aliphatic rings. The van der Waals surface area contributed by atoms with E-state index in [1.807, 2.05) is 19.9 Å². The number of aliphatic hydroxyl groups excluding tert-OH is 2. The Kier molecular flexibility index (Phi) is 8.06. The van der Waals surface area contributed by atoms with Crippen LogP contribution in [0.1, 0.15) is 79.1 Å². The molecule has 0 saturated heterocycles. The number of hydrogen-bond acceptors (Lipinski definition) is 3. The van der Waals surface area contributed by atoms with Gasteiger partial charge in [-0.1, -0.05) is 62.5 Å². The zero-order chi connectivity index (χ0) is 23.5. The maximum absolute atomic E-state index is 10.1. The second-order valence-corrected chi connectivity index (χ2v) is 11.4. The summed E-state index contributed by atoms with van der Waals surface area (Å²) < 4.78 is 0. The van der Waals surface area contributed by atoms with Crippen molar-refractivity contribution < 1.29 is 15.3 Å². The minimum atomic E-state index is -0.650. The smallest absolute Gasteiger partial charge is 0.0811 e. The van der Waals surface area contributed by atoms with Crippen LogP contribution in [0.25, 0.3) is 0 Å². The Bertz CT molecular complexity index is 794. The van der Waals surface area contributed by atoms with E-state index in [0.717, 1.165) is 17.6 Å². The minimum absolute atomic E-state index is 0.325. The summed E-state index contributed by atoms with van der Waals surface area (Å²) in [4.78, 5) is 0. The van der Waals surface area contributed by atoms with Crippen molar-refractivity contribution in [1.29, 1.82) is 0 Å². The van der Waals surface area contributed by atoms with Gasteiger partial charge in [-0.3, -0.25) is 0 Å². The quantitative estimate of drug-likeness (QED) is 0.442. The molecule has 3 heteroatoms. The van der Waals surface area contributed by atoms with Crippen molar-refractivity contribution in [1.82, 2.24) is 0 Å². The lowest BCUT2D eigenvalue weighted by Crippen LogP contribution is -2.35. The first-order valence-electron chi connectivity index (χ1n) is 12.5. The molecule has 3 aliphatic carbocycles. The van der Waals surface area contributed by atoms with Crippen LogP contribution in [0.2, 0.25) is 0 Å². The average molecular weight is 441 g/mol. The summed E-state index contributed by atoms with van der Waals surface area (Å²) in [6.07, 6.45) is 19.8. The molecule has 3 fully saturated rings. The monoisotopic (exact) mass is 440 g/mol. The molecule has 3 saturated carbocycles. The average Bonchev–Trinajstić information content (AvgIpc) is 3.06. The van der Waals surface area contributed by atoms with Crippen molar-refractivity contribution in [3.63, 3.8) is 0 Å². The van der Waals surface area contributed by atoms with Crippen LogP contribution in [-0.4, -0.2) is 33.1 Å². The summed E-state index contributed by atoms with van der Waals surface area (Å²) in [6.45, 7) is 12.6. The first-order valence-corrected chi connectivity index (χ1v) is 12.5. The molecule has 0 aliphatic heterocycles. The van der Waals surface area contributed by atoms with Crippen LogP contribution in [0, 0.1) is 23.2 Å². The van der Waals surface area contributed by atoms with E-state index in [1.165, 1.54) is 31.3 Å². The highest BCUT2D eigenvalue weighted by atomic mass is 16.3. The van der Waals surface area contributed by atoms with Gasteiger partial charge in [0, 0.05) is 6.42 Å². The Morgan fingerprint density at radius 3 is 2.66 bits per heavy atom. The van der Waals surface area contributed by atoms with E-state index in [1.54, 1.807) is 0 Å². The minimum Gasteiger partial charge on any atom is -0.393 e. The van der Waals surface area contributed by atoms with Gasteiger partial charge in [-0.15, -0.1) is 0 Å². The highest BCUT2D eigenvalue weighted by Crippen LogP contribution is 2.59. The lowest BCUT2D eigenvalue weighted by molar-refractivity contribution is 0.0837. The Balaban J connectivity index is 1.70. The van der Waals surface area contributed by atoms with Gasteiger partial charge in [-0.05, 0) is 93.1 Å². The second kappa shape index (κ2) is 10.2. The zero-order valence-electron chi connectivity index (χ0n) is 20.6. The molecule has 3 rings (SSSR count). The summed E-state index contributed by atoms with van der Waals surface area (Å²) in [5, 5.41) is 30.0. The summed E-state index contributed by atoms with van der Waals surface area (Å²) in [7, 11) is 0. The fourth-order valence-electron chi connectivity index (χ4n) is 6.42. The van der Waals surface area contributed by atoms with Crippen molar-refractivity contribution in [2.45, 2.75) is 96.9 Å². The predicted molar refractivity (Wildman–Crippen MR) is 133 cm³/mol. The Morgan fingerprint density at radius 1 is 1.19 bits per heavy atom. The van der Waals surface area contributed by atoms with Gasteiger partial charge in [0.05, 0.1) is 17.8 Å². The van der Waals surface area contributed by atoms with Crippen LogP contribution in [-0.2, 0) is 0 Å². The molecule has 0 aromatic rings. The van der Waals surface area contributed by atoms with Crippen molar-refractivity contribution >= 4 is 0 Å². The van der Waals surface area contributed by atoms with Crippen molar-refractivity contribution in [3.8, 4) is 0 Å². The third-order valence-corrected chi connectivity index (χ3v) is 8.22. The lowest BCUT2D eigenvalue weighted by Gasteiger charge is -2.44. The van der Waals surface area contributed by atoms with Gasteiger partial charge in [-0.25, -0.2) is 0 Å². The fourth-order valence-corrected chi connectivity index (χ4v) is 6.42. The van der Waals surface area contributed by atoms with Gasteiger partial charge in [-0.2, -0.15) is 0 Å². The van der Waals surface area contributed by atoms with Crippen LogP contribution >= 0.6 is 0 Å². The van der Waals surface area contributed by atoms with Crippen LogP contribution < -0.4 is 0 Å². The van der Waals surface area contributed by atoms with Crippen LogP contribution in [0.15, 0.2) is 59.8 Å². The number of fused-ring (bicyclic) bond motifs is 1. The molecule has 0 bridgehead atoms. The number of rotatable bonds is 6. The maximum atomic E-state index is 10.1. The summed E-state index contributed by atoms with van der Waals surface area (Å²) in [5.41, 5.74) is 2.98. The second-order valence-electron chi connectivity index (χ2n) is 11.4. The normalized spacial score (nSPS) is 37.7. The van der Waals surface area contributed by atoms with E-state index in [-0.39, 0.29) is 0 Å². The van der Waals surface area contributed by atoms with Gasteiger partial charge in [0.15, 0.2) is 0 Å². The van der Waals surface area contributed by atoms with Gasteiger partial charge < -0.3 is 15.3 Å². The Morgan fingerprint density at radius 2 is 1.94 bits per heavy atom. The molecule has 0 aromatic carbocycles. The van der Waals surface area contributed by atoms with E-state index in [0.29, 0.717) is 42.4 Å². The first kappa shape index (κ1) is 25.2. The van der Waals surface area contributed by atoms with Gasteiger partial charge in [0.25, 0.3) is 0 Å². The third-order valence-electron chi connectivity index (χ3n) is 8.22. The van der Waals surface area contributed by atoms with E-state index in [2.05, 4.69) is 50.8 Å². The molecule has 6 atom stereocenters. The highest BCUT2D eigenvalue weighted by molar-refractivity contribution is 5.38. The molecule has 0 aromatic heterocycles. The van der Waals surface area contributed by atoms with Crippen molar-refractivity contribution in [2.24, 2.45) is 23.2 Å². The molecule has 3 N–H and O–H groups in total. The van der Waals surface area contributed by atoms with Crippen LogP contribution in [0.3, 0.4) is 0 Å². The van der Waals surface area contributed by atoms with Crippen molar-refractivity contribution in [2.75, 3.05) is 0 Å². The van der Waals surface area contributed by atoms with E-state index in [9.17, 15) is 15.3 Å². The topological polar surface area (TPSA) is 60.7 Å². The third kappa shape index (κ3) is 5.92. The van der Waals surface area contributed by atoms with Gasteiger partial charge >= 0.3 is 0 Å². The van der Waals surface area contributed by atoms with Crippen molar-refractivity contribution in [3.05, 3.63) is 59.8 Å². The first-order chi connectivity index (χ1) is 15.0. The maximum Gasteiger partial charge on any atom is 0.0811 e. The molecular formula is C29H44O3. The van der Waals surface area contributed by atoms with E-state index in [4.69, 9.17) is 0 Å². The summed E-state index contributed by atoms with van der Waals surface area (Å²) in [5.74, 6) is 1.82. The number of aliphatic hydroxyl groups is 3. The molecule has 1 unspecified atom stereocenters. The molecule has 0 amide bonds. The Hall–Kier alpha value is -1.42. The summed E-state index contributed by atoms with van der Waals surface area (Å²) >= 11 is 0. The van der Waals surface area contributed by atoms with Gasteiger partial charge in [0.1, 0.15) is 0 Å². The van der Waals surface area contributed by atoms with E-state index < -0.39 is 17.8 Å². The van der Waals surface area contributed by atoms with Crippen LogP contribution in [0.5, 0.6) is 0 Å². The SMILES string of the molecule is C=C1C(=CC=C2CCC[C@]3(C)[C@@H](C(C)C=CC=CCC(C)(C)O)CC[C@@H]23)C[C@@H](O)C[C@@H]1O. The Labute approximate surface area is 195 Å². The number of hydrogen-bond donors (Lipinski definition) is 3. The standard InChI is InChI=1S/C29H44O3/c1-20(10-7-6-8-16-28(3,4)32)25-14-15-26-22(11-9-17-29(25,26)5)12-13-23-18-24(30)19-27(31)21(23)2/h6-8,10,12-13,20,24-27,30-32H,2,9,11,14-19H2,1,3-5H3/t20?,24-,25-,26+,27+,29-/m1/s1. The zero-order valence-corrected chi connectivity index (χ0v) is 20.6. The molecule has 3 nitrogen and oxygen atoms in total. The molecule has 32 heavy (non-hydrogen) atoms. The molecule has 0 heterocycles. The largest absolute Gasteiger partial charge is 0.393 e. The number of allylic oxidation sites excluding steroid dienone is 6. The molecular weight excluding hydrogens is 396 g/mol. The fraction of sp³-hybridized carbons (Fsp3) is 0.655. The summed E-state index contributed by atoms with van der Waals surface area (Å²) in [6, 6.07) is 0. The predicted octanol–water partition coefficient (Wildman–Crippen LogP) is 6.04. The molecule has 0 radical (unpaired) electrons. The molecule has 178 valence electrons. The molecule has 0 spiro atoms. The van der Waals surface area contributed by atoms with E-state index >= 15 is 0 Å². The van der Waals surface area contributed by atoms with Crippen LogP contribution in [0.4, 0.5) is 0 Å². The highest BCUT2D eigenvalue weighted by Gasteiger charge is 2.50.